The van der Waals surface area contributed by atoms with Crippen LogP contribution in [0.25, 0.3) is 0 Å². The molecule has 2 N–H and O–H groups in total. The van der Waals surface area contributed by atoms with Crippen molar-refractivity contribution in [3.63, 3.8) is 0 Å². The molecule has 1 rings (SSSR count). The molecule has 1 unspecified atom stereocenters. The monoisotopic (exact) mass is 287 g/mol. The quantitative estimate of drug-likeness (QED) is 0.624. The summed E-state index contributed by atoms with van der Waals surface area (Å²) in [5.74, 6) is 2.34. The molecule has 1 heterocycles. The fourth-order valence-corrected chi connectivity index (χ4v) is 2.64. The van der Waals surface area contributed by atoms with Gasteiger partial charge in [-0.3, -0.25) is 9.69 Å². The standard InChI is InChI=1S/C12H21N3O3S/c1-3-5-14-6-8-15(9-7-14)12(16)11(13)4-10-19(2,17)18/h1,11H,4-10,13H2,2H3. The predicted molar refractivity (Wildman–Crippen MR) is 74.2 cm³/mol. The Morgan fingerprint density at radius 2 is 1.95 bits per heavy atom. The summed E-state index contributed by atoms with van der Waals surface area (Å²) in [4.78, 5) is 15.8. The molecule has 0 aromatic heterocycles. The van der Waals surface area contributed by atoms with Gasteiger partial charge in [0.25, 0.3) is 0 Å². The van der Waals surface area contributed by atoms with Gasteiger partial charge in [0, 0.05) is 32.4 Å². The van der Waals surface area contributed by atoms with Crippen LogP contribution in [0, 0.1) is 12.3 Å². The number of nitrogens with two attached hydrogens (primary N) is 1. The van der Waals surface area contributed by atoms with Gasteiger partial charge in [-0.15, -0.1) is 6.42 Å². The zero-order valence-corrected chi connectivity index (χ0v) is 12.0. The fourth-order valence-electron chi connectivity index (χ4n) is 1.95. The number of carbonyl (C=O) groups excluding carboxylic acids is 1. The molecule has 0 bridgehead atoms. The topological polar surface area (TPSA) is 83.7 Å². The van der Waals surface area contributed by atoms with Crippen LogP contribution in [0.5, 0.6) is 0 Å². The number of sulfone groups is 1. The van der Waals surface area contributed by atoms with Gasteiger partial charge in [-0.1, -0.05) is 5.92 Å². The molecule has 1 aliphatic rings. The van der Waals surface area contributed by atoms with Crippen LogP contribution in [0.3, 0.4) is 0 Å². The van der Waals surface area contributed by atoms with E-state index >= 15 is 0 Å². The Labute approximate surface area is 114 Å². The molecule has 1 aliphatic heterocycles. The van der Waals surface area contributed by atoms with E-state index in [1.807, 2.05) is 0 Å². The number of rotatable bonds is 5. The zero-order chi connectivity index (χ0) is 14.5. The number of piperazine rings is 1. The van der Waals surface area contributed by atoms with Crippen molar-refractivity contribution in [3.8, 4) is 12.3 Å². The molecule has 7 heteroatoms. The summed E-state index contributed by atoms with van der Waals surface area (Å²) in [6, 6.07) is -0.742. The van der Waals surface area contributed by atoms with Gasteiger partial charge in [-0.25, -0.2) is 8.42 Å². The number of amides is 1. The van der Waals surface area contributed by atoms with Gasteiger partial charge in [-0.2, -0.15) is 0 Å². The van der Waals surface area contributed by atoms with E-state index in [4.69, 9.17) is 12.2 Å². The van der Waals surface area contributed by atoms with Gasteiger partial charge in [0.05, 0.1) is 18.3 Å². The fraction of sp³-hybridized carbons (Fsp3) is 0.750. The summed E-state index contributed by atoms with van der Waals surface area (Å²) in [6.07, 6.45) is 6.54. The van der Waals surface area contributed by atoms with Crippen molar-refractivity contribution in [2.75, 3.05) is 44.7 Å². The van der Waals surface area contributed by atoms with Crippen LogP contribution in [-0.2, 0) is 14.6 Å². The third-order valence-electron chi connectivity index (χ3n) is 3.12. The number of nitrogens with zero attached hydrogens (tertiary/aromatic N) is 2. The molecule has 19 heavy (non-hydrogen) atoms. The van der Waals surface area contributed by atoms with Crippen molar-refractivity contribution in [1.82, 2.24) is 9.80 Å². The summed E-state index contributed by atoms with van der Waals surface area (Å²) in [5.41, 5.74) is 5.75. The lowest BCUT2D eigenvalue weighted by molar-refractivity contribution is -0.134. The lowest BCUT2D eigenvalue weighted by Crippen LogP contribution is -2.53. The Bertz CT molecular complexity index is 447. The molecule has 0 saturated carbocycles. The Morgan fingerprint density at radius 3 is 2.42 bits per heavy atom. The number of hydrogen-bond acceptors (Lipinski definition) is 5. The normalized spacial score (nSPS) is 18.9. The Morgan fingerprint density at radius 1 is 1.37 bits per heavy atom. The average molecular weight is 287 g/mol. The third-order valence-corrected chi connectivity index (χ3v) is 4.09. The van der Waals surface area contributed by atoms with E-state index in [1.54, 1.807) is 4.90 Å². The maximum absolute atomic E-state index is 12.0. The first kappa shape index (κ1) is 16.0. The maximum Gasteiger partial charge on any atom is 0.239 e. The summed E-state index contributed by atoms with van der Waals surface area (Å²) in [7, 11) is -3.08. The van der Waals surface area contributed by atoms with Crippen molar-refractivity contribution in [2.45, 2.75) is 12.5 Å². The molecular formula is C12H21N3O3S. The number of hydrogen-bond donors (Lipinski definition) is 1. The van der Waals surface area contributed by atoms with E-state index in [-0.39, 0.29) is 18.1 Å². The van der Waals surface area contributed by atoms with Crippen molar-refractivity contribution >= 4 is 15.7 Å². The van der Waals surface area contributed by atoms with Crippen LogP contribution in [0.4, 0.5) is 0 Å². The Kier molecular flexibility index (Phi) is 5.79. The largest absolute Gasteiger partial charge is 0.339 e. The molecule has 1 atom stereocenters. The van der Waals surface area contributed by atoms with Crippen molar-refractivity contribution in [2.24, 2.45) is 5.73 Å². The zero-order valence-electron chi connectivity index (χ0n) is 11.2. The second kappa shape index (κ2) is 6.89. The minimum absolute atomic E-state index is 0.0586. The highest BCUT2D eigenvalue weighted by atomic mass is 32.2. The molecule has 108 valence electrons. The van der Waals surface area contributed by atoms with Crippen LogP contribution in [-0.4, -0.2) is 74.9 Å². The Hall–Kier alpha value is -1.10. The molecule has 0 radical (unpaired) electrons. The molecule has 1 amide bonds. The predicted octanol–water partition coefficient (Wildman–Crippen LogP) is -1.47. The third kappa shape index (κ3) is 5.59. The van der Waals surface area contributed by atoms with Crippen LogP contribution in [0.2, 0.25) is 0 Å². The van der Waals surface area contributed by atoms with Gasteiger partial charge in [0.1, 0.15) is 9.84 Å². The number of carbonyl (C=O) groups is 1. The average Bonchev–Trinajstić information content (AvgIpc) is 2.35. The molecule has 6 nitrogen and oxygen atoms in total. The first-order valence-electron chi connectivity index (χ1n) is 6.21. The summed E-state index contributed by atoms with van der Waals surface area (Å²) < 4.78 is 22.1. The Balaban J connectivity index is 2.40. The van der Waals surface area contributed by atoms with Gasteiger partial charge >= 0.3 is 0 Å². The second-order valence-corrected chi connectivity index (χ2v) is 7.09. The lowest BCUT2D eigenvalue weighted by atomic mass is 10.2. The van der Waals surface area contributed by atoms with Crippen LogP contribution in [0.1, 0.15) is 6.42 Å². The molecule has 0 aromatic carbocycles. The minimum atomic E-state index is -3.08. The van der Waals surface area contributed by atoms with E-state index in [2.05, 4.69) is 10.8 Å². The van der Waals surface area contributed by atoms with E-state index < -0.39 is 15.9 Å². The first-order valence-corrected chi connectivity index (χ1v) is 8.27. The van der Waals surface area contributed by atoms with E-state index in [9.17, 15) is 13.2 Å². The molecule has 1 fully saturated rings. The summed E-state index contributed by atoms with van der Waals surface area (Å²) >= 11 is 0. The molecule has 1 saturated heterocycles. The van der Waals surface area contributed by atoms with E-state index in [1.165, 1.54) is 0 Å². The minimum Gasteiger partial charge on any atom is -0.339 e. The molecule has 0 spiro atoms. The van der Waals surface area contributed by atoms with Crippen LogP contribution < -0.4 is 5.73 Å². The smallest absolute Gasteiger partial charge is 0.239 e. The lowest BCUT2D eigenvalue weighted by Gasteiger charge is -2.35. The van der Waals surface area contributed by atoms with Crippen LogP contribution >= 0.6 is 0 Å². The summed E-state index contributed by atoms with van der Waals surface area (Å²) in [5, 5.41) is 0. The van der Waals surface area contributed by atoms with Crippen molar-refractivity contribution in [3.05, 3.63) is 0 Å². The number of terminal acetylenes is 1. The summed E-state index contributed by atoms with van der Waals surface area (Å²) in [6.45, 7) is 3.23. The highest BCUT2D eigenvalue weighted by Crippen LogP contribution is 2.05. The maximum atomic E-state index is 12.0. The highest BCUT2D eigenvalue weighted by molar-refractivity contribution is 7.90. The van der Waals surface area contributed by atoms with Gasteiger partial charge in [0.15, 0.2) is 0 Å². The molecular weight excluding hydrogens is 266 g/mol. The highest BCUT2D eigenvalue weighted by Gasteiger charge is 2.25. The van der Waals surface area contributed by atoms with Gasteiger partial charge in [-0.05, 0) is 6.42 Å². The molecule has 0 aliphatic carbocycles. The SMILES string of the molecule is C#CCN1CCN(C(=O)C(N)CCS(C)(=O)=O)CC1. The van der Waals surface area contributed by atoms with Crippen LogP contribution in [0.15, 0.2) is 0 Å². The first-order chi connectivity index (χ1) is 8.83. The second-order valence-electron chi connectivity index (χ2n) is 4.83. The van der Waals surface area contributed by atoms with Gasteiger partial charge in [0.2, 0.25) is 5.91 Å². The van der Waals surface area contributed by atoms with Crippen molar-refractivity contribution < 1.29 is 13.2 Å². The van der Waals surface area contributed by atoms with Crippen molar-refractivity contribution in [1.29, 1.82) is 0 Å². The molecule has 0 aromatic rings. The van der Waals surface area contributed by atoms with E-state index in [0.717, 1.165) is 19.3 Å². The van der Waals surface area contributed by atoms with Gasteiger partial charge < -0.3 is 10.6 Å². The van der Waals surface area contributed by atoms with E-state index in [0.29, 0.717) is 19.6 Å².